The van der Waals surface area contributed by atoms with Crippen molar-refractivity contribution in [1.29, 1.82) is 5.26 Å². The number of rotatable bonds is 8. The standard InChI is InChI=1S/C19H22N4O4S2/c20-10-4-14-23(16-17-5-3-11-21-15-17)29(26,27)19-8-6-18(7-9-19)28(24,25)22-12-1-2-13-22/h3,5-9,11,15H,1-2,4,12-14,16H2. The molecular weight excluding hydrogens is 412 g/mol. The Labute approximate surface area is 171 Å². The molecule has 29 heavy (non-hydrogen) atoms. The lowest BCUT2D eigenvalue weighted by atomic mass is 10.3. The molecule has 0 atom stereocenters. The van der Waals surface area contributed by atoms with Crippen LogP contribution in [0.4, 0.5) is 0 Å². The van der Waals surface area contributed by atoms with E-state index in [0.717, 1.165) is 12.8 Å². The highest BCUT2D eigenvalue weighted by molar-refractivity contribution is 7.89. The molecule has 1 aliphatic rings. The van der Waals surface area contributed by atoms with Gasteiger partial charge in [-0.25, -0.2) is 16.8 Å². The van der Waals surface area contributed by atoms with E-state index in [4.69, 9.17) is 5.26 Å². The van der Waals surface area contributed by atoms with E-state index < -0.39 is 20.0 Å². The summed E-state index contributed by atoms with van der Waals surface area (Å²) >= 11 is 0. The van der Waals surface area contributed by atoms with Gasteiger partial charge in [0.25, 0.3) is 0 Å². The summed E-state index contributed by atoms with van der Waals surface area (Å²) in [6, 6.07) is 10.7. The molecule has 10 heteroatoms. The molecule has 0 spiro atoms. The molecule has 1 aromatic carbocycles. The molecule has 2 heterocycles. The van der Waals surface area contributed by atoms with Gasteiger partial charge in [0, 0.05) is 45.0 Å². The maximum atomic E-state index is 13.1. The van der Waals surface area contributed by atoms with Crippen LogP contribution in [0.3, 0.4) is 0 Å². The highest BCUT2D eigenvalue weighted by Gasteiger charge is 2.29. The van der Waals surface area contributed by atoms with Crippen molar-refractivity contribution < 1.29 is 16.8 Å². The van der Waals surface area contributed by atoms with Gasteiger partial charge in [0.2, 0.25) is 20.0 Å². The van der Waals surface area contributed by atoms with E-state index >= 15 is 0 Å². The van der Waals surface area contributed by atoms with E-state index in [0.29, 0.717) is 18.7 Å². The van der Waals surface area contributed by atoms with Crippen LogP contribution < -0.4 is 0 Å². The Bertz CT molecular complexity index is 1070. The molecule has 2 aromatic rings. The zero-order valence-corrected chi connectivity index (χ0v) is 17.4. The summed E-state index contributed by atoms with van der Waals surface area (Å²) in [5.41, 5.74) is 0.697. The van der Waals surface area contributed by atoms with Crippen LogP contribution in [0.25, 0.3) is 0 Å². The Hall–Kier alpha value is -2.32. The van der Waals surface area contributed by atoms with E-state index in [1.165, 1.54) is 32.9 Å². The number of hydrogen-bond acceptors (Lipinski definition) is 6. The maximum Gasteiger partial charge on any atom is 0.243 e. The third-order valence-corrected chi connectivity index (χ3v) is 8.49. The Balaban J connectivity index is 1.86. The van der Waals surface area contributed by atoms with E-state index in [1.54, 1.807) is 24.5 Å². The molecule has 0 saturated carbocycles. The second kappa shape index (κ2) is 9.00. The summed E-state index contributed by atoms with van der Waals surface area (Å²) in [5.74, 6) is 0. The SMILES string of the molecule is N#CCCN(Cc1cccnc1)S(=O)(=O)c1ccc(S(=O)(=O)N2CCCC2)cc1. The van der Waals surface area contributed by atoms with Crippen molar-refractivity contribution >= 4 is 20.0 Å². The zero-order valence-electron chi connectivity index (χ0n) is 15.8. The molecule has 0 N–H and O–H groups in total. The van der Waals surface area contributed by atoms with Crippen molar-refractivity contribution in [2.75, 3.05) is 19.6 Å². The molecule has 8 nitrogen and oxygen atoms in total. The summed E-state index contributed by atoms with van der Waals surface area (Å²) in [5, 5.41) is 8.89. The van der Waals surface area contributed by atoms with E-state index in [2.05, 4.69) is 4.98 Å². The first kappa shape index (κ1) is 21.4. The van der Waals surface area contributed by atoms with Crippen LogP contribution >= 0.6 is 0 Å². The number of pyridine rings is 1. The average Bonchev–Trinajstić information content (AvgIpc) is 3.27. The van der Waals surface area contributed by atoms with E-state index in [-0.39, 0.29) is 29.3 Å². The van der Waals surface area contributed by atoms with Crippen molar-refractivity contribution in [3.05, 3.63) is 54.4 Å². The highest BCUT2D eigenvalue weighted by Crippen LogP contribution is 2.24. The summed E-state index contributed by atoms with van der Waals surface area (Å²) in [7, 11) is -7.52. The van der Waals surface area contributed by atoms with Crippen LogP contribution in [0.15, 0.2) is 58.6 Å². The fraction of sp³-hybridized carbons (Fsp3) is 0.368. The minimum absolute atomic E-state index is 0.0142. The normalized spacial score (nSPS) is 15.4. The first-order chi connectivity index (χ1) is 13.9. The zero-order chi connectivity index (χ0) is 20.9. The van der Waals surface area contributed by atoms with Crippen molar-refractivity contribution in [2.45, 2.75) is 35.6 Å². The average molecular weight is 435 g/mol. The quantitative estimate of drug-likeness (QED) is 0.628. The van der Waals surface area contributed by atoms with Gasteiger partial charge in [-0.3, -0.25) is 4.98 Å². The number of hydrogen-bond donors (Lipinski definition) is 0. The summed E-state index contributed by atoms with van der Waals surface area (Å²) < 4.78 is 54.1. The Morgan fingerprint density at radius 1 is 1.03 bits per heavy atom. The summed E-state index contributed by atoms with van der Waals surface area (Å²) in [6.45, 7) is 1.07. The van der Waals surface area contributed by atoms with Gasteiger partial charge in [-0.1, -0.05) is 6.07 Å². The summed E-state index contributed by atoms with van der Waals surface area (Å²) in [6.07, 6.45) is 4.86. The Kier molecular flexibility index (Phi) is 6.64. The first-order valence-electron chi connectivity index (χ1n) is 9.22. The van der Waals surface area contributed by atoms with Gasteiger partial charge in [-0.15, -0.1) is 0 Å². The molecule has 0 bridgehead atoms. The minimum atomic E-state index is -3.91. The lowest BCUT2D eigenvalue weighted by molar-refractivity contribution is 0.412. The van der Waals surface area contributed by atoms with Crippen molar-refractivity contribution in [3.63, 3.8) is 0 Å². The van der Waals surface area contributed by atoms with Gasteiger partial charge in [-0.05, 0) is 48.7 Å². The van der Waals surface area contributed by atoms with Gasteiger partial charge in [0.1, 0.15) is 0 Å². The number of nitrogens with zero attached hydrogens (tertiary/aromatic N) is 4. The third kappa shape index (κ3) is 4.82. The third-order valence-electron chi connectivity index (χ3n) is 4.72. The van der Waals surface area contributed by atoms with Crippen LogP contribution in [0.5, 0.6) is 0 Å². The lowest BCUT2D eigenvalue weighted by Gasteiger charge is -2.21. The van der Waals surface area contributed by atoms with Gasteiger partial charge in [0.05, 0.1) is 15.9 Å². The second-order valence-electron chi connectivity index (χ2n) is 6.69. The van der Waals surface area contributed by atoms with Gasteiger partial charge < -0.3 is 0 Å². The molecule has 0 unspecified atom stereocenters. The first-order valence-corrected chi connectivity index (χ1v) is 12.1. The van der Waals surface area contributed by atoms with E-state index in [1.807, 2.05) is 6.07 Å². The lowest BCUT2D eigenvalue weighted by Crippen LogP contribution is -2.32. The molecule has 0 radical (unpaired) electrons. The molecule has 0 aliphatic carbocycles. The van der Waals surface area contributed by atoms with Crippen LogP contribution in [0.2, 0.25) is 0 Å². The van der Waals surface area contributed by atoms with Gasteiger partial charge >= 0.3 is 0 Å². The highest BCUT2D eigenvalue weighted by atomic mass is 32.2. The van der Waals surface area contributed by atoms with Crippen LogP contribution in [0, 0.1) is 11.3 Å². The monoisotopic (exact) mass is 434 g/mol. The molecule has 154 valence electrons. The van der Waals surface area contributed by atoms with Crippen LogP contribution in [-0.2, 0) is 26.6 Å². The number of aromatic nitrogens is 1. The van der Waals surface area contributed by atoms with Crippen molar-refractivity contribution in [2.24, 2.45) is 0 Å². The van der Waals surface area contributed by atoms with Crippen molar-refractivity contribution in [3.8, 4) is 6.07 Å². The van der Waals surface area contributed by atoms with Crippen LogP contribution in [-0.4, -0.2) is 50.1 Å². The largest absolute Gasteiger partial charge is 0.264 e. The smallest absolute Gasteiger partial charge is 0.243 e. The Morgan fingerprint density at radius 2 is 1.69 bits per heavy atom. The molecule has 1 aliphatic heterocycles. The predicted octanol–water partition coefficient (Wildman–Crippen LogP) is 1.97. The molecule has 1 fully saturated rings. The predicted molar refractivity (Wildman–Crippen MR) is 106 cm³/mol. The Morgan fingerprint density at radius 3 is 2.28 bits per heavy atom. The summed E-state index contributed by atoms with van der Waals surface area (Å²) in [4.78, 5) is 4.06. The number of sulfonamides is 2. The number of benzene rings is 1. The molecular formula is C19H22N4O4S2. The molecule has 1 saturated heterocycles. The van der Waals surface area contributed by atoms with Gasteiger partial charge in [0.15, 0.2) is 0 Å². The topological polar surface area (TPSA) is 111 Å². The maximum absolute atomic E-state index is 13.1. The molecule has 3 rings (SSSR count). The van der Waals surface area contributed by atoms with E-state index in [9.17, 15) is 16.8 Å². The minimum Gasteiger partial charge on any atom is -0.264 e. The van der Waals surface area contributed by atoms with Gasteiger partial charge in [-0.2, -0.15) is 13.9 Å². The fourth-order valence-electron chi connectivity index (χ4n) is 3.16. The fourth-order valence-corrected chi connectivity index (χ4v) is 6.11. The van der Waals surface area contributed by atoms with Crippen LogP contribution in [0.1, 0.15) is 24.8 Å². The second-order valence-corrected chi connectivity index (χ2v) is 10.6. The molecule has 1 aromatic heterocycles. The molecule has 0 amide bonds. The number of nitriles is 1. The van der Waals surface area contributed by atoms with Crippen molar-refractivity contribution in [1.82, 2.24) is 13.6 Å².